The number of hydrogen-bond acceptors (Lipinski definition) is 2. The molecule has 0 unspecified atom stereocenters. The lowest BCUT2D eigenvalue weighted by atomic mass is 10.2. The van der Waals surface area contributed by atoms with Gasteiger partial charge in [-0.1, -0.05) is 19.8 Å². The molecule has 58 valence electrons. The van der Waals surface area contributed by atoms with Crippen LogP contribution in [0.4, 0.5) is 0 Å². The van der Waals surface area contributed by atoms with Crippen LogP contribution in [0.15, 0.2) is 0 Å². The number of phosphoric ester groups is 1. The molecule has 0 heterocycles. The summed E-state index contributed by atoms with van der Waals surface area (Å²) >= 11 is 0. The predicted molar refractivity (Wildman–Crippen MR) is 35.7 cm³/mol. The molecule has 10 heavy (non-hydrogen) atoms. The fraction of sp³-hybridized carbons (Fsp3) is 0.600. The summed E-state index contributed by atoms with van der Waals surface area (Å²) in [5, 5.41) is 0. The lowest BCUT2D eigenvalue weighted by molar-refractivity contribution is 0.269. The molecule has 0 aromatic rings. The van der Waals surface area contributed by atoms with Gasteiger partial charge in [0.15, 0.2) is 0 Å². The molecule has 0 aromatic carbocycles. The molecule has 0 radical (unpaired) electrons. The van der Waals surface area contributed by atoms with Gasteiger partial charge in [0.25, 0.3) is 0 Å². The topological polar surface area (TPSA) is 66.8 Å². The van der Waals surface area contributed by atoms with Gasteiger partial charge in [-0.15, -0.1) is 0 Å². The largest absolute Gasteiger partial charge is 0.533 e. The van der Waals surface area contributed by atoms with Crippen LogP contribution in [0.2, 0.25) is 0 Å². The molecule has 0 aliphatic rings. The highest BCUT2D eigenvalue weighted by Crippen LogP contribution is 2.34. The maximum Gasteiger partial charge on any atom is 0.533 e. The van der Waals surface area contributed by atoms with E-state index >= 15 is 0 Å². The van der Waals surface area contributed by atoms with Gasteiger partial charge in [0.2, 0.25) is 0 Å². The maximum atomic E-state index is 9.98. The minimum atomic E-state index is -4.40. The van der Waals surface area contributed by atoms with Crippen molar-refractivity contribution >= 4 is 7.82 Å². The second-order valence-corrected chi connectivity index (χ2v) is 3.15. The monoisotopic (exact) mass is 164 g/mol. The summed E-state index contributed by atoms with van der Waals surface area (Å²) in [4.78, 5) is 16.2. The van der Waals surface area contributed by atoms with Crippen LogP contribution in [0.3, 0.4) is 0 Å². The van der Waals surface area contributed by atoms with Gasteiger partial charge in [-0.05, 0) is 0 Å². The Morgan fingerprint density at radius 1 is 1.50 bits per heavy atom. The van der Waals surface area contributed by atoms with E-state index in [9.17, 15) is 4.57 Å². The lowest BCUT2D eigenvalue weighted by Gasteiger charge is -1.95. The summed E-state index contributed by atoms with van der Waals surface area (Å²) in [6.45, 7) is 3.58. The van der Waals surface area contributed by atoms with Crippen molar-refractivity contribution in [1.82, 2.24) is 0 Å². The van der Waals surface area contributed by atoms with Crippen molar-refractivity contribution in [3.63, 3.8) is 0 Å². The highest BCUT2D eigenvalue weighted by Gasteiger charge is 2.11. The van der Waals surface area contributed by atoms with E-state index in [1.54, 1.807) is 13.8 Å². The number of rotatable bonds is 1. The van der Waals surface area contributed by atoms with Gasteiger partial charge in [0.1, 0.15) is 6.11 Å². The van der Waals surface area contributed by atoms with Crippen LogP contribution in [0.25, 0.3) is 0 Å². The van der Waals surface area contributed by atoms with Crippen LogP contribution >= 0.6 is 7.82 Å². The first-order chi connectivity index (χ1) is 4.42. The van der Waals surface area contributed by atoms with E-state index in [2.05, 4.69) is 10.4 Å². The highest BCUT2D eigenvalue weighted by atomic mass is 31.2. The predicted octanol–water partition coefficient (Wildman–Crippen LogP) is 0.713. The molecule has 0 atom stereocenters. The van der Waals surface area contributed by atoms with E-state index in [1.165, 1.54) is 0 Å². The minimum Gasteiger partial charge on any atom is -0.350 e. The van der Waals surface area contributed by atoms with E-state index in [0.29, 0.717) is 0 Å². The standard InChI is InChI=1S/C5H9O4P/c1-5(2)3-4-9-10(6,7)8/h5H,1-2H3,(H2,6,7,8). The Morgan fingerprint density at radius 2 is 2.00 bits per heavy atom. The zero-order valence-electron chi connectivity index (χ0n) is 5.74. The van der Waals surface area contributed by atoms with Crippen molar-refractivity contribution in [3.05, 3.63) is 0 Å². The third kappa shape index (κ3) is 7.51. The van der Waals surface area contributed by atoms with Gasteiger partial charge in [0.05, 0.1) is 0 Å². The summed E-state index contributed by atoms with van der Waals surface area (Å²) in [5.41, 5.74) is 0. The zero-order valence-corrected chi connectivity index (χ0v) is 6.63. The molecule has 0 bridgehead atoms. The van der Waals surface area contributed by atoms with Crippen molar-refractivity contribution in [1.29, 1.82) is 0 Å². The van der Waals surface area contributed by atoms with Crippen LogP contribution in [-0.4, -0.2) is 9.79 Å². The molecule has 2 N–H and O–H groups in total. The van der Waals surface area contributed by atoms with Crippen LogP contribution < -0.4 is 0 Å². The molecule has 0 rings (SSSR count). The van der Waals surface area contributed by atoms with E-state index in [4.69, 9.17) is 9.79 Å². The molecular formula is C5H9O4P. The van der Waals surface area contributed by atoms with Gasteiger partial charge in [-0.2, -0.15) is 0 Å². The van der Waals surface area contributed by atoms with Crippen molar-refractivity contribution in [2.45, 2.75) is 13.8 Å². The average molecular weight is 164 g/mol. The second-order valence-electron chi connectivity index (χ2n) is 1.98. The van der Waals surface area contributed by atoms with Gasteiger partial charge >= 0.3 is 7.82 Å². The van der Waals surface area contributed by atoms with Crippen molar-refractivity contribution in [2.75, 3.05) is 0 Å². The summed E-state index contributed by atoms with van der Waals surface area (Å²) in [5.74, 6) is 2.49. The molecule has 5 heteroatoms. The van der Waals surface area contributed by atoms with E-state index in [0.717, 1.165) is 0 Å². The Bertz CT molecular complexity index is 193. The summed E-state index contributed by atoms with van der Waals surface area (Å²) in [6.07, 6.45) is 1.91. The molecule has 0 aliphatic heterocycles. The summed E-state index contributed by atoms with van der Waals surface area (Å²) < 4.78 is 13.8. The quantitative estimate of drug-likeness (QED) is 0.442. The Hall–Kier alpha value is -0.490. The van der Waals surface area contributed by atoms with Gasteiger partial charge in [-0.25, -0.2) is 4.57 Å². The Morgan fingerprint density at radius 3 is 2.30 bits per heavy atom. The van der Waals surface area contributed by atoms with Crippen molar-refractivity contribution < 1.29 is 18.9 Å². The Labute approximate surface area is 59.4 Å². The normalized spacial score (nSPS) is 10.5. The van der Waals surface area contributed by atoms with Gasteiger partial charge in [-0.3, -0.25) is 9.79 Å². The zero-order chi connectivity index (χ0) is 8.20. The maximum absolute atomic E-state index is 9.98. The molecular weight excluding hydrogens is 155 g/mol. The SMILES string of the molecule is CC(C)C#COP(=O)(O)O. The third-order valence-corrected chi connectivity index (χ3v) is 0.841. The third-order valence-electron chi connectivity index (χ3n) is 0.512. The van der Waals surface area contributed by atoms with Crippen molar-refractivity contribution in [2.24, 2.45) is 5.92 Å². The number of hydrogen-bond donors (Lipinski definition) is 2. The number of phosphoric acid groups is 1. The van der Waals surface area contributed by atoms with Crippen molar-refractivity contribution in [3.8, 4) is 12.0 Å². The van der Waals surface area contributed by atoms with Crippen LogP contribution in [0.1, 0.15) is 13.8 Å². The van der Waals surface area contributed by atoms with E-state index in [-0.39, 0.29) is 5.92 Å². The first-order valence-electron chi connectivity index (χ1n) is 2.66. The first kappa shape index (κ1) is 9.51. The smallest absolute Gasteiger partial charge is 0.350 e. The summed E-state index contributed by atoms with van der Waals surface area (Å²) in [6, 6.07) is 0. The Kier molecular flexibility index (Phi) is 3.45. The van der Waals surface area contributed by atoms with E-state index in [1.807, 2.05) is 6.11 Å². The van der Waals surface area contributed by atoms with Gasteiger partial charge < -0.3 is 4.52 Å². The average Bonchev–Trinajstić information content (AvgIpc) is 1.59. The van der Waals surface area contributed by atoms with Crippen LogP contribution in [-0.2, 0) is 9.09 Å². The molecule has 4 nitrogen and oxygen atoms in total. The molecule has 0 amide bonds. The van der Waals surface area contributed by atoms with E-state index < -0.39 is 7.82 Å². The minimum absolute atomic E-state index is 0.0477. The molecule has 0 aliphatic carbocycles. The Balaban J connectivity index is 3.79. The molecule has 0 fully saturated rings. The molecule has 0 saturated carbocycles. The van der Waals surface area contributed by atoms with Gasteiger partial charge in [0, 0.05) is 5.92 Å². The first-order valence-corrected chi connectivity index (χ1v) is 4.19. The van der Waals surface area contributed by atoms with Crippen LogP contribution in [0, 0.1) is 17.9 Å². The fourth-order valence-electron chi connectivity index (χ4n) is 0.204. The molecule has 0 spiro atoms. The fourth-order valence-corrected chi connectivity index (χ4v) is 0.375. The lowest BCUT2D eigenvalue weighted by Crippen LogP contribution is -1.81. The summed E-state index contributed by atoms with van der Waals surface area (Å²) in [7, 11) is -4.40. The molecule has 0 aromatic heterocycles. The highest BCUT2D eigenvalue weighted by molar-refractivity contribution is 7.46. The van der Waals surface area contributed by atoms with Crippen LogP contribution in [0.5, 0.6) is 0 Å². The second kappa shape index (κ2) is 3.62. The molecule has 0 saturated heterocycles.